The number of carbonyl (C=O) groups is 1. The van der Waals surface area contributed by atoms with Gasteiger partial charge in [0.1, 0.15) is 5.82 Å². The maximum absolute atomic E-state index is 15.3. The summed E-state index contributed by atoms with van der Waals surface area (Å²) in [6.45, 7) is 6.35. The minimum absolute atomic E-state index is 0.0810. The molecule has 1 heterocycles. The molecule has 7 heteroatoms. The lowest BCUT2D eigenvalue weighted by molar-refractivity contribution is -0.120. The number of primary amides is 1. The van der Waals surface area contributed by atoms with Gasteiger partial charge in [-0.05, 0) is 47.2 Å². The molecular formula is C23H28Cl2FN3O. The number of benzene rings is 2. The monoisotopic (exact) mass is 451 g/mol. The molecule has 0 saturated carbocycles. The van der Waals surface area contributed by atoms with Crippen molar-refractivity contribution in [3.8, 4) is 0 Å². The Balaban J connectivity index is 2.35. The average Bonchev–Trinajstić information content (AvgIpc) is 2.97. The fourth-order valence-electron chi connectivity index (χ4n) is 4.85. The molecule has 4 nitrogen and oxygen atoms in total. The molecule has 0 unspecified atom stereocenters. The fourth-order valence-corrected chi connectivity index (χ4v) is 5.27. The number of nitrogens with one attached hydrogen (secondary N) is 1. The van der Waals surface area contributed by atoms with Gasteiger partial charge in [-0.1, -0.05) is 62.2 Å². The van der Waals surface area contributed by atoms with Crippen molar-refractivity contribution in [2.45, 2.75) is 50.6 Å². The molecule has 5 N–H and O–H groups in total. The Morgan fingerprint density at radius 3 is 2.43 bits per heavy atom. The van der Waals surface area contributed by atoms with Gasteiger partial charge >= 0.3 is 0 Å². The van der Waals surface area contributed by atoms with Crippen molar-refractivity contribution in [1.29, 1.82) is 0 Å². The number of hydrogen-bond donors (Lipinski definition) is 3. The highest BCUT2D eigenvalue weighted by Gasteiger charge is 2.59. The van der Waals surface area contributed by atoms with Crippen molar-refractivity contribution in [2.24, 2.45) is 16.9 Å². The Kier molecular flexibility index (Phi) is 6.49. The Labute approximate surface area is 187 Å². The van der Waals surface area contributed by atoms with Crippen molar-refractivity contribution in [1.82, 2.24) is 5.32 Å². The first kappa shape index (κ1) is 23.0. The molecule has 162 valence electrons. The first-order chi connectivity index (χ1) is 14.0. The molecular weight excluding hydrogens is 424 g/mol. The third kappa shape index (κ3) is 4.09. The highest BCUT2D eigenvalue weighted by molar-refractivity contribution is 6.31. The van der Waals surface area contributed by atoms with Gasteiger partial charge in [-0.3, -0.25) is 4.79 Å². The largest absolute Gasteiger partial charge is 0.368 e. The molecule has 0 radical (unpaired) electrons. The molecule has 1 aliphatic heterocycles. The number of hydrogen-bond acceptors (Lipinski definition) is 3. The summed E-state index contributed by atoms with van der Waals surface area (Å²) in [6.07, 6.45) is 0.640. The predicted octanol–water partition coefficient (Wildman–Crippen LogP) is 4.37. The maximum Gasteiger partial charge on any atom is 0.235 e. The Morgan fingerprint density at radius 1 is 1.20 bits per heavy atom. The molecule has 2 aromatic carbocycles. The smallest absolute Gasteiger partial charge is 0.235 e. The number of halogens is 3. The lowest BCUT2D eigenvalue weighted by Gasteiger charge is -2.42. The zero-order valence-corrected chi connectivity index (χ0v) is 18.9. The number of amides is 1. The first-order valence-electron chi connectivity index (χ1n) is 9.96. The maximum atomic E-state index is 15.3. The normalized spacial score (nSPS) is 26.7. The van der Waals surface area contributed by atoms with Gasteiger partial charge in [0.2, 0.25) is 5.91 Å². The van der Waals surface area contributed by atoms with Crippen molar-refractivity contribution in [3.05, 3.63) is 69.5 Å². The van der Waals surface area contributed by atoms with Gasteiger partial charge < -0.3 is 16.8 Å². The molecule has 4 atom stereocenters. The van der Waals surface area contributed by atoms with E-state index >= 15 is 4.39 Å². The van der Waals surface area contributed by atoms with Crippen LogP contribution in [0.4, 0.5) is 4.39 Å². The summed E-state index contributed by atoms with van der Waals surface area (Å²) in [5.74, 6) is -1.52. The zero-order chi connectivity index (χ0) is 22.3. The Bertz CT molecular complexity index is 946. The van der Waals surface area contributed by atoms with Crippen LogP contribution in [-0.2, 0) is 10.2 Å². The van der Waals surface area contributed by atoms with Gasteiger partial charge in [0.15, 0.2) is 0 Å². The van der Waals surface area contributed by atoms with Crippen LogP contribution in [0.25, 0.3) is 0 Å². The van der Waals surface area contributed by atoms with Crippen LogP contribution in [0.5, 0.6) is 0 Å². The minimum Gasteiger partial charge on any atom is -0.368 e. The Hall–Kier alpha value is -1.66. The lowest BCUT2D eigenvalue weighted by Crippen LogP contribution is -2.50. The van der Waals surface area contributed by atoms with Crippen molar-refractivity contribution in [2.75, 3.05) is 6.54 Å². The summed E-state index contributed by atoms with van der Waals surface area (Å²) >= 11 is 12.8. The summed E-state index contributed by atoms with van der Waals surface area (Å²) in [7, 11) is 0. The van der Waals surface area contributed by atoms with E-state index in [0.29, 0.717) is 27.6 Å². The predicted molar refractivity (Wildman–Crippen MR) is 120 cm³/mol. The van der Waals surface area contributed by atoms with Crippen LogP contribution in [0.1, 0.15) is 44.2 Å². The molecule has 0 bridgehead atoms. The quantitative estimate of drug-likeness (QED) is 0.630. The zero-order valence-electron chi connectivity index (χ0n) is 17.4. The Morgan fingerprint density at radius 2 is 1.87 bits per heavy atom. The van der Waals surface area contributed by atoms with Crippen LogP contribution in [0.2, 0.25) is 10.0 Å². The molecule has 1 fully saturated rings. The van der Waals surface area contributed by atoms with Crippen molar-refractivity contribution in [3.63, 3.8) is 0 Å². The average molecular weight is 452 g/mol. The third-order valence-electron chi connectivity index (χ3n) is 6.02. The summed E-state index contributed by atoms with van der Waals surface area (Å²) in [5, 5.41) is 4.26. The molecule has 0 spiro atoms. The van der Waals surface area contributed by atoms with Crippen LogP contribution >= 0.6 is 23.2 Å². The minimum atomic E-state index is -0.979. The highest BCUT2D eigenvalue weighted by atomic mass is 35.5. The van der Waals surface area contributed by atoms with Crippen LogP contribution in [0.15, 0.2) is 42.5 Å². The summed E-state index contributed by atoms with van der Waals surface area (Å²) in [5.41, 5.74) is 12.2. The van der Waals surface area contributed by atoms with Gasteiger partial charge in [-0.25, -0.2) is 4.39 Å². The molecule has 2 aromatic rings. The van der Waals surface area contributed by atoms with E-state index in [1.165, 1.54) is 12.1 Å². The van der Waals surface area contributed by atoms with Crippen LogP contribution < -0.4 is 16.8 Å². The SMILES string of the molecule is CC(C)(C)C[C@@H]1N[C@@H](C(N)=O)[C@H](c2ccccc2Cl)[C@@]1(CN)c1cc(Cl)ccc1F. The molecule has 1 amide bonds. The van der Waals surface area contributed by atoms with Crippen LogP contribution in [-0.4, -0.2) is 24.5 Å². The molecule has 1 aliphatic rings. The fraction of sp³-hybridized carbons (Fsp3) is 0.435. The van der Waals surface area contributed by atoms with E-state index in [0.717, 1.165) is 0 Å². The topological polar surface area (TPSA) is 81.1 Å². The lowest BCUT2D eigenvalue weighted by atomic mass is 9.62. The van der Waals surface area contributed by atoms with Gasteiger partial charge in [-0.15, -0.1) is 0 Å². The van der Waals surface area contributed by atoms with E-state index in [4.69, 9.17) is 34.7 Å². The van der Waals surface area contributed by atoms with Gasteiger partial charge in [0.25, 0.3) is 0 Å². The first-order valence-corrected chi connectivity index (χ1v) is 10.7. The van der Waals surface area contributed by atoms with E-state index in [9.17, 15) is 4.79 Å². The van der Waals surface area contributed by atoms with Gasteiger partial charge in [-0.2, -0.15) is 0 Å². The van der Waals surface area contributed by atoms with Gasteiger partial charge in [0.05, 0.1) is 6.04 Å². The van der Waals surface area contributed by atoms with Crippen LogP contribution in [0.3, 0.4) is 0 Å². The summed E-state index contributed by atoms with van der Waals surface area (Å²) in [4.78, 5) is 12.6. The van der Waals surface area contributed by atoms with E-state index < -0.39 is 29.1 Å². The van der Waals surface area contributed by atoms with Gasteiger partial charge in [0, 0.05) is 34.0 Å². The molecule has 0 aliphatic carbocycles. The molecule has 30 heavy (non-hydrogen) atoms. The summed E-state index contributed by atoms with van der Waals surface area (Å²) < 4.78 is 15.3. The standard InChI is InChI=1S/C23H28Cl2FN3O/c1-22(2,3)11-18-23(12-27,15-10-13(24)8-9-17(15)26)19(20(29-18)21(28)30)14-6-4-5-7-16(14)25/h4-10,18-20,29H,11-12,27H2,1-3H3,(H2,28,30)/t18-,19-,20+,23-/m0/s1. The molecule has 0 aromatic heterocycles. The molecule has 1 saturated heterocycles. The number of rotatable bonds is 5. The van der Waals surface area contributed by atoms with Crippen molar-refractivity contribution < 1.29 is 9.18 Å². The number of nitrogens with two attached hydrogens (primary N) is 2. The molecule has 3 rings (SSSR count). The second-order valence-electron chi connectivity index (χ2n) is 9.23. The summed E-state index contributed by atoms with van der Waals surface area (Å²) in [6, 6.07) is 10.6. The number of carbonyl (C=O) groups excluding carboxylic acids is 1. The highest BCUT2D eigenvalue weighted by Crippen LogP contribution is 2.52. The van der Waals surface area contributed by atoms with Crippen LogP contribution in [0, 0.1) is 11.2 Å². The third-order valence-corrected chi connectivity index (χ3v) is 6.60. The van der Waals surface area contributed by atoms with E-state index in [1.807, 2.05) is 18.2 Å². The van der Waals surface area contributed by atoms with E-state index in [-0.39, 0.29) is 18.0 Å². The van der Waals surface area contributed by atoms with E-state index in [2.05, 4.69) is 26.1 Å². The van der Waals surface area contributed by atoms with Crippen molar-refractivity contribution >= 4 is 29.1 Å². The second kappa shape index (κ2) is 8.46. The van der Waals surface area contributed by atoms with E-state index in [1.54, 1.807) is 12.1 Å². The second-order valence-corrected chi connectivity index (χ2v) is 10.1.